The van der Waals surface area contributed by atoms with Crippen LogP contribution in [0.5, 0.6) is 17.2 Å². The first-order valence-electron chi connectivity index (χ1n) is 11.5. The molecule has 4 rings (SSSR count). The van der Waals surface area contributed by atoms with Gasteiger partial charge in [-0.15, -0.1) is 0 Å². The normalized spacial score (nSPS) is 15.3. The first kappa shape index (κ1) is 25.7. The number of piperidine rings is 1. The van der Waals surface area contributed by atoms with Gasteiger partial charge in [0.25, 0.3) is 5.91 Å². The van der Waals surface area contributed by atoms with Crippen molar-refractivity contribution in [1.29, 1.82) is 0 Å². The van der Waals surface area contributed by atoms with Crippen LogP contribution in [0.1, 0.15) is 33.6 Å². The lowest BCUT2D eigenvalue weighted by Gasteiger charge is -2.33. The number of amides is 1. The molecule has 0 aromatic heterocycles. The van der Waals surface area contributed by atoms with Crippen molar-refractivity contribution >= 4 is 35.1 Å². The maximum atomic E-state index is 12.9. The summed E-state index contributed by atoms with van der Waals surface area (Å²) >= 11 is 11.9. The van der Waals surface area contributed by atoms with Crippen molar-refractivity contribution in [2.24, 2.45) is 0 Å². The summed E-state index contributed by atoms with van der Waals surface area (Å²) in [6.07, 6.45) is 1.32. The number of halogens is 2. The second-order valence-corrected chi connectivity index (χ2v) is 9.13. The van der Waals surface area contributed by atoms with E-state index in [-0.39, 0.29) is 36.5 Å². The van der Waals surface area contributed by atoms with Crippen molar-refractivity contribution in [2.45, 2.75) is 18.9 Å². The lowest BCUT2D eigenvalue weighted by molar-refractivity contribution is 0.0536. The third kappa shape index (κ3) is 6.83. The minimum Gasteiger partial charge on any atom is -0.490 e. The summed E-state index contributed by atoms with van der Waals surface area (Å²) in [7, 11) is 0. The van der Waals surface area contributed by atoms with Crippen LogP contribution in [0, 0.1) is 0 Å². The zero-order valence-corrected chi connectivity index (χ0v) is 20.9. The van der Waals surface area contributed by atoms with Gasteiger partial charge in [0.2, 0.25) is 0 Å². The molecule has 0 bridgehead atoms. The van der Waals surface area contributed by atoms with E-state index in [1.54, 1.807) is 65.6 Å². The third-order valence-corrected chi connectivity index (χ3v) is 6.13. The summed E-state index contributed by atoms with van der Waals surface area (Å²) in [6, 6.07) is 18.4. The fourth-order valence-corrected chi connectivity index (χ4v) is 4.25. The number of rotatable bonds is 9. The molecule has 1 aliphatic rings. The van der Waals surface area contributed by atoms with Crippen molar-refractivity contribution in [3.8, 4) is 17.2 Å². The second-order valence-electron chi connectivity index (χ2n) is 8.26. The summed E-state index contributed by atoms with van der Waals surface area (Å²) in [5.41, 5.74) is 0.556. The third-order valence-electron chi connectivity index (χ3n) is 5.65. The molecule has 188 valence electrons. The van der Waals surface area contributed by atoms with Gasteiger partial charge in [0, 0.05) is 28.2 Å². The van der Waals surface area contributed by atoms with Gasteiger partial charge in [-0.05, 0) is 67.4 Å². The molecule has 36 heavy (non-hydrogen) atoms. The number of hydrogen-bond acceptors (Lipinski definition) is 5. The average molecular weight is 530 g/mol. The zero-order valence-electron chi connectivity index (χ0n) is 19.4. The monoisotopic (exact) mass is 529 g/mol. The highest BCUT2D eigenvalue weighted by Gasteiger charge is 2.26. The summed E-state index contributed by atoms with van der Waals surface area (Å²) in [6.45, 7) is 1.40. The van der Waals surface area contributed by atoms with Crippen LogP contribution in [0.2, 0.25) is 10.0 Å². The van der Waals surface area contributed by atoms with E-state index in [0.29, 0.717) is 40.2 Å². The molecule has 9 heteroatoms. The summed E-state index contributed by atoms with van der Waals surface area (Å²) < 4.78 is 17.4. The number of carbonyl (C=O) groups excluding carboxylic acids is 1. The Morgan fingerprint density at radius 1 is 0.917 bits per heavy atom. The average Bonchev–Trinajstić information content (AvgIpc) is 2.87. The van der Waals surface area contributed by atoms with E-state index < -0.39 is 5.97 Å². The van der Waals surface area contributed by atoms with E-state index in [9.17, 15) is 14.7 Å². The molecule has 1 unspecified atom stereocenters. The van der Waals surface area contributed by atoms with Crippen LogP contribution in [0.3, 0.4) is 0 Å². The molecule has 1 saturated heterocycles. The van der Waals surface area contributed by atoms with Gasteiger partial charge in [-0.2, -0.15) is 0 Å². The molecule has 1 amide bonds. The van der Waals surface area contributed by atoms with Crippen molar-refractivity contribution in [3.63, 3.8) is 0 Å². The fraction of sp³-hybridized carbons (Fsp3) is 0.259. The minimum atomic E-state index is -1.11. The van der Waals surface area contributed by atoms with Gasteiger partial charge in [-0.1, -0.05) is 29.3 Å². The second kappa shape index (κ2) is 12.0. The van der Waals surface area contributed by atoms with Gasteiger partial charge in [-0.3, -0.25) is 4.79 Å². The number of benzene rings is 3. The Morgan fingerprint density at radius 3 is 2.42 bits per heavy atom. The molecule has 1 heterocycles. The van der Waals surface area contributed by atoms with Crippen molar-refractivity contribution in [1.82, 2.24) is 4.90 Å². The quantitative estimate of drug-likeness (QED) is 0.351. The highest BCUT2D eigenvalue weighted by atomic mass is 35.5. The Morgan fingerprint density at radius 2 is 1.67 bits per heavy atom. The smallest absolute Gasteiger partial charge is 0.339 e. The number of hydrogen-bond donors (Lipinski definition) is 1. The number of carbonyl (C=O) groups is 2. The van der Waals surface area contributed by atoms with Gasteiger partial charge in [0.15, 0.2) is 0 Å². The molecule has 1 fully saturated rings. The Kier molecular flexibility index (Phi) is 8.57. The molecular formula is C27H25Cl2NO6. The highest BCUT2D eigenvalue weighted by molar-refractivity contribution is 6.31. The first-order chi connectivity index (χ1) is 17.4. The fourth-order valence-electron chi connectivity index (χ4n) is 3.93. The Hall–Kier alpha value is -3.42. The molecule has 3 aromatic carbocycles. The SMILES string of the molecule is O=C(O)c1ccc(OC2CCCN(C(=O)c3cccc(Cl)c3)C2)cc1OCCOc1ccc(Cl)cc1. The predicted octanol–water partition coefficient (Wildman–Crippen LogP) is 5.83. The van der Waals surface area contributed by atoms with Crippen molar-refractivity contribution in [3.05, 3.63) is 87.9 Å². The van der Waals surface area contributed by atoms with Gasteiger partial charge in [0.05, 0.1) is 6.54 Å². The molecule has 0 radical (unpaired) electrons. The summed E-state index contributed by atoms with van der Waals surface area (Å²) in [5, 5.41) is 10.7. The summed E-state index contributed by atoms with van der Waals surface area (Å²) in [5.74, 6) is 0.0774. The molecule has 1 atom stereocenters. The Bertz CT molecular complexity index is 1220. The van der Waals surface area contributed by atoms with E-state index >= 15 is 0 Å². The molecule has 0 aliphatic carbocycles. The minimum absolute atomic E-state index is 0.0234. The standard InChI is InChI=1S/C27H25Cl2NO6/c28-19-6-8-21(9-7-19)34-13-14-35-25-16-22(10-11-24(25)27(32)33)36-23-5-2-12-30(17-23)26(31)18-3-1-4-20(29)15-18/h1,3-4,6-11,15-16,23H,2,5,12-14,17H2,(H,32,33). The van der Waals surface area contributed by atoms with E-state index in [0.717, 1.165) is 12.8 Å². The van der Waals surface area contributed by atoms with E-state index in [2.05, 4.69) is 0 Å². The zero-order chi connectivity index (χ0) is 25.5. The molecule has 0 saturated carbocycles. The molecule has 1 N–H and O–H groups in total. The predicted molar refractivity (Wildman–Crippen MR) is 137 cm³/mol. The van der Waals surface area contributed by atoms with Gasteiger partial charge >= 0.3 is 5.97 Å². The Labute approximate surface area is 219 Å². The number of carboxylic acid groups (broad SMARTS) is 1. The van der Waals surface area contributed by atoms with Crippen LogP contribution in [-0.4, -0.2) is 54.3 Å². The number of ether oxygens (including phenoxy) is 3. The lowest BCUT2D eigenvalue weighted by atomic mass is 10.1. The topological polar surface area (TPSA) is 85.3 Å². The van der Waals surface area contributed by atoms with Crippen LogP contribution in [-0.2, 0) is 0 Å². The lowest BCUT2D eigenvalue weighted by Crippen LogP contribution is -2.44. The van der Waals surface area contributed by atoms with Gasteiger partial charge in [-0.25, -0.2) is 4.79 Å². The van der Waals surface area contributed by atoms with E-state index in [1.807, 2.05) is 0 Å². The van der Waals surface area contributed by atoms with Gasteiger partial charge < -0.3 is 24.2 Å². The van der Waals surface area contributed by atoms with Gasteiger partial charge in [0.1, 0.15) is 42.1 Å². The number of carboxylic acids is 1. The Balaban J connectivity index is 1.37. The molecule has 3 aromatic rings. The molecule has 0 spiro atoms. The maximum Gasteiger partial charge on any atom is 0.339 e. The highest BCUT2D eigenvalue weighted by Crippen LogP contribution is 2.28. The molecule has 1 aliphatic heterocycles. The first-order valence-corrected chi connectivity index (χ1v) is 12.2. The van der Waals surface area contributed by atoms with Crippen LogP contribution in [0.4, 0.5) is 0 Å². The van der Waals surface area contributed by atoms with Crippen LogP contribution in [0.15, 0.2) is 66.7 Å². The molecular weight excluding hydrogens is 505 g/mol. The summed E-state index contributed by atoms with van der Waals surface area (Å²) in [4.78, 5) is 26.3. The van der Waals surface area contributed by atoms with Crippen LogP contribution < -0.4 is 14.2 Å². The molecule has 7 nitrogen and oxygen atoms in total. The largest absolute Gasteiger partial charge is 0.490 e. The van der Waals surface area contributed by atoms with Crippen LogP contribution >= 0.6 is 23.2 Å². The maximum absolute atomic E-state index is 12.9. The van der Waals surface area contributed by atoms with Crippen molar-refractivity contribution < 1.29 is 28.9 Å². The number of likely N-dealkylation sites (tertiary alicyclic amines) is 1. The van der Waals surface area contributed by atoms with Crippen LogP contribution in [0.25, 0.3) is 0 Å². The number of aromatic carboxylic acids is 1. The van der Waals surface area contributed by atoms with Crippen molar-refractivity contribution in [2.75, 3.05) is 26.3 Å². The number of nitrogens with zero attached hydrogens (tertiary/aromatic N) is 1. The van der Waals surface area contributed by atoms with E-state index in [4.69, 9.17) is 37.4 Å². The van der Waals surface area contributed by atoms with E-state index in [1.165, 1.54) is 6.07 Å².